The minimum absolute atomic E-state index is 0.0519. The summed E-state index contributed by atoms with van der Waals surface area (Å²) < 4.78 is 0. The Kier molecular flexibility index (Phi) is 9.23. The topological polar surface area (TPSA) is 98.8 Å². The number of hydrogen-bond donors (Lipinski definition) is 2. The summed E-state index contributed by atoms with van der Waals surface area (Å²) >= 11 is 0. The van der Waals surface area contributed by atoms with Gasteiger partial charge in [-0.05, 0) is 69.7 Å². The molecule has 4 atom stereocenters. The van der Waals surface area contributed by atoms with Crippen molar-refractivity contribution in [3.63, 3.8) is 0 Å². The maximum absolute atomic E-state index is 14.1. The van der Waals surface area contributed by atoms with Crippen molar-refractivity contribution in [2.75, 3.05) is 24.5 Å². The molecule has 38 heavy (non-hydrogen) atoms. The second kappa shape index (κ2) is 12.4. The third-order valence-electron chi connectivity index (χ3n) is 8.52. The highest BCUT2D eigenvalue weighted by atomic mass is 16.2. The van der Waals surface area contributed by atoms with E-state index in [0.29, 0.717) is 18.4 Å². The van der Waals surface area contributed by atoms with Gasteiger partial charge in [-0.3, -0.25) is 19.2 Å². The summed E-state index contributed by atoms with van der Waals surface area (Å²) in [5.41, 5.74) is 1.52. The Morgan fingerprint density at radius 1 is 1.05 bits per heavy atom. The Labute approximate surface area is 226 Å². The summed E-state index contributed by atoms with van der Waals surface area (Å²) in [5.74, 6) is -0.520. The SMILES string of the molecule is CCN(CC)c1ccc(C(=O)NC(CC(C)C)C(=O)N2C(C(=O)C3CCCCC3)CC3NCC(=O)C32)cc1. The summed E-state index contributed by atoms with van der Waals surface area (Å²) in [4.78, 5) is 57.7. The lowest BCUT2D eigenvalue weighted by Gasteiger charge is -2.34. The smallest absolute Gasteiger partial charge is 0.251 e. The Hall–Kier alpha value is -2.74. The number of ketones is 2. The Morgan fingerprint density at radius 3 is 2.32 bits per heavy atom. The molecular formula is C30H44N4O4. The number of anilines is 1. The molecule has 4 rings (SSSR count). The average molecular weight is 525 g/mol. The third-order valence-corrected chi connectivity index (χ3v) is 8.52. The zero-order valence-electron chi connectivity index (χ0n) is 23.4. The molecule has 3 fully saturated rings. The molecule has 0 aromatic heterocycles. The lowest BCUT2D eigenvalue weighted by Crippen LogP contribution is -2.57. The molecule has 1 aromatic rings. The van der Waals surface area contributed by atoms with Crippen LogP contribution < -0.4 is 15.5 Å². The van der Waals surface area contributed by atoms with Crippen molar-refractivity contribution in [2.24, 2.45) is 11.8 Å². The molecule has 2 aliphatic heterocycles. The van der Waals surface area contributed by atoms with Gasteiger partial charge >= 0.3 is 0 Å². The van der Waals surface area contributed by atoms with Gasteiger partial charge in [0.25, 0.3) is 5.91 Å². The molecule has 1 aliphatic carbocycles. The highest BCUT2D eigenvalue weighted by molar-refractivity contribution is 6.02. The van der Waals surface area contributed by atoms with Crippen LogP contribution in [-0.4, -0.2) is 72.1 Å². The van der Waals surface area contributed by atoms with Gasteiger partial charge in [-0.2, -0.15) is 0 Å². The van der Waals surface area contributed by atoms with Crippen LogP contribution in [0.25, 0.3) is 0 Å². The zero-order valence-corrected chi connectivity index (χ0v) is 23.4. The molecule has 3 aliphatic rings. The van der Waals surface area contributed by atoms with Crippen molar-refractivity contribution < 1.29 is 19.2 Å². The van der Waals surface area contributed by atoms with E-state index in [9.17, 15) is 19.2 Å². The van der Waals surface area contributed by atoms with E-state index in [0.717, 1.165) is 50.9 Å². The van der Waals surface area contributed by atoms with E-state index in [-0.39, 0.29) is 47.8 Å². The first-order chi connectivity index (χ1) is 18.2. The molecule has 1 saturated carbocycles. The minimum atomic E-state index is -0.807. The summed E-state index contributed by atoms with van der Waals surface area (Å²) in [6, 6.07) is 5.15. The number of benzene rings is 1. The summed E-state index contributed by atoms with van der Waals surface area (Å²) in [6.07, 6.45) is 5.79. The second-order valence-electron chi connectivity index (χ2n) is 11.5. The zero-order chi connectivity index (χ0) is 27.4. The number of Topliss-reactive ketones (excluding diaryl/α,β-unsaturated/α-hetero) is 2. The Balaban J connectivity index is 1.56. The standard InChI is InChI=1S/C30H44N4O4/c1-5-33(6-2)22-14-12-21(13-15-22)29(37)32-24(16-19(3)4)30(38)34-25(17-23-27(34)26(35)18-31-23)28(36)20-10-8-7-9-11-20/h12-15,19-20,23-25,27,31H,5-11,16-18H2,1-4H3,(H,32,37). The molecule has 8 heteroatoms. The van der Waals surface area contributed by atoms with E-state index >= 15 is 0 Å². The van der Waals surface area contributed by atoms with Gasteiger partial charge in [0.15, 0.2) is 11.6 Å². The number of hydrogen-bond acceptors (Lipinski definition) is 6. The van der Waals surface area contributed by atoms with Gasteiger partial charge in [0.05, 0.1) is 12.6 Å². The molecule has 0 bridgehead atoms. The van der Waals surface area contributed by atoms with Crippen molar-refractivity contribution >= 4 is 29.1 Å². The number of amides is 2. The van der Waals surface area contributed by atoms with Crippen LogP contribution in [0, 0.1) is 11.8 Å². The molecular weight excluding hydrogens is 480 g/mol. The number of likely N-dealkylation sites (tertiary alicyclic amines) is 1. The number of rotatable bonds is 10. The first-order valence-electron chi connectivity index (χ1n) is 14.5. The summed E-state index contributed by atoms with van der Waals surface area (Å²) in [5, 5.41) is 6.19. The molecule has 0 spiro atoms. The van der Waals surface area contributed by atoms with Gasteiger partial charge in [0.1, 0.15) is 12.1 Å². The normalized spacial score (nSPS) is 24.4. The highest BCUT2D eigenvalue weighted by Gasteiger charge is 2.54. The van der Waals surface area contributed by atoms with Crippen molar-refractivity contribution in [3.8, 4) is 0 Å². The number of carbonyl (C=O) groups is 4. The fourth-order valence-corrected chi connectivity index (χ4v) is 6.51. The number of nitrogens with zero attached hydrogens (tertiary/aromatic N) is 2. The lowest BCUT2D eigenvalue weighted by molar-refractivity contribution is -0.145. The van der Waals surface area contributed by atoms with Crippen LogP contribution in [0.15, 0.2) is 24.3 Å². The van der Waals surface area contributed by atoms with E-state index in [1.165, 1.54) is 0 Å². The van der Waals surface area contributed by atoms with Gasteiger partial charge < -0.3 is 20.4 Å². The summed E-state index contributed by atoms with van der Waals surface area (Å²) in [6.45, 7) is 10.1. The Bertz CT molecular complexity index is 1010. The predicted octanol–water partition coefficient (Wildman–Crippen LogP) is 3.34. The van der Waals surface area contributed by atoms with Gasteiger partial charge in [-0.25, -0.2) is 0 Å². The first-order valence-corrected chi connectivity index (χ1v) is 14.5. The molecule has 4 unspecified atom stereocenters. The fourth-order valence-electron chi connectivity index (χ4n) is 6.51. The van der Waals surface area contributed by atoms with Crippen molar-refractivity contribution in [1.29, 1.82) is 0 Å². The van der Waals surface area contributed by atoms with Gasteiger partial charge in [0, 0.05) is 36.3 Å². The fraction of sp³-hybridized carbons (Fsp3) is 0.667. The van der Waals surface area contributed by atoms with E-state index in [1.54, 1.807) is 17.0 Å². The molecule has 0 radical (unpaired) electrons. The maximum Gasteiger partial charge on any atom is 0.251 e. The molecule has 8 nitrogen and oxygen atoms in total. The molecule has 2 N–H and O–H groups in total. The van der Waals surface area contributed by atoms with Crippen LogP contribution in [0.4, 0.5) is 5.69 Å². The second-order valence-corrected chi connectivity index (χ2v) is 11.5. The number of fused-ring (bicyclic) bond motifs is 1. The van der Waals surface area contributed by atoms with Crippen LogP contribution in [0.5, 0.6) is 0 Å². The molecule has 1 aromatic carbocycles. The lowest BCUT2D eigenvalue weighted by atomic mass is 9.83. The molecule has 2 saturated heterocycles. The van der Waals surface area contributed by atoms with E-state index in [2.05, 4.69) is 29.4 Å². The number of nitrogens with one attached hydrogen (secondary N) is 2. The molecule has 2 amide bonds. The Morgan fingerprint density at radius 2 is 1.71 bits per heavy atom. The van der Waals surface area contributed by atoms with Crippen molar-refractivity contribution in [3.05, 3.63) is 29.8 Å². The first kappa shape index (κ1) is 28.3. The van der Waals surface area contributed by atoms with Crippen molar-refractivity contribution in [2.45, 2.75) is 96.8 Å². The van der Waals surface area contributed by atoms with Crippen LogP contribution in [0.1, 0.15) is 83.0 Å². The van der Waals surface area contributed by atoms with Gasteiger partial charge in [-0.15, -0.1) is 0 Å². The minimum Gasteiger partial charge on any atom is -0.372 e. The quantitative estimate of drug-likeness (QED) is 0.487. The van der Waals surface area contributed by atoms with Crippen molar-refractivity contribution in [1.82, 2.24) is 15.5 Å². The van der Waals surface area contributed by atoms with Crippen LogP contribution in [-0.2, 0) is 14.4 Å². The van der Waals surface area contributed by atoms with Gasteiger partial charge in [0.2, 0.25) is 5.91 Å². The highest BCUT2D eigenvalue weighted by Crippen LogP contribution is 2.35. The van der Waals surface area contributed by atoms with Gasteiger partial charge in [-0.1, -0.05) is 33.1 Å². The number of carbonyl (C=O) groups excluding carboxylic acids is 4. The van der Waals surface area contributed by atoms with E-state index in [1.807, 2.05) is 26.0 Å². The van der Waals surface area contributed by atoms with E-state index < -0.39 is 18.1 Å². The molecule has 208 valence electrons. The third kappa shape index (κ3) is 5.95. The van der Waals surface area contributed by atoms with Crippen LogP contribution in [0.2, 0.25) is 0 Å². The molecule has 2 heterocycles. The largest absolute Gasteiger partial charge is 0.372 e. The van der Waals surface area contributed by atoms with E-state index in [4.69, 9.17) is 0 Å². The van der Waals surface area contributed by atoms with Crippen LogP contribution in [0.3, 0.4) is 0 Å². The maximum atomic E-state index is 14.1. The average Bonchev–Trinajstić information content (AvgIpc) is 3.48. The monoisotopic (exact) mass is 524 g/mol. The summed E-state index contributed by atoms with van der Waals surface area (Å²) in [7, 11) is 0. The van der Waals surface area contributed by atoms with Crippen LogP contribution >= 0.6 is 0 Å². The predicted molar refractivity (Wildman–Crippen MR) is 148 cm³/mol.